The fourth-order valence-corrected chi connectivity index (χ4v) is 2.78. The predicted molar refractivity (Wildman–Crippen MR) is 75.3 cm³/mol. The highest BCUT2D eigenvalue weighted by Gasteiger charge is 2.57. The van der Waals surface area contributed by atoms with Gasteiger partial charge in [0.05, 0.1) is 26.4 Å². The van der Waals surface area contributed by atoms with Crippen molar-refractivity contribution in [3.63, 3.8) is 0 Å². The Morgan fingerprint density at radius 2 is 1.74 bits per heavy atom. The Kier molecular flexibility index (Phi) is 6.11. The number of ether oxygens (including phenoxy) is 3. The van der Waals surface area contributed by atoms with Gasteiger partial charge < -0.3 is 44.8 Å². The average molecular weight is 336 g/mol. The van der Waals surface area contributed by atoms with E-state index in [1.807, 2.05) is 0 Å². The molecule has 2 fully saturated rings. The van der Waals surface area contributed by atoms with Gasteiger partial charge in [-0.3, -0.25) is 0 Å². The molecule has 9 nitrogen and oxygen atoms in total. The molecule has 0 aromatic rings. The lowest BCUT2D eigenvalue weighted by molar-refractivity contribution is -0.301. The van der Waals surface area contributed by atoms with Crippen molar-refractivity contribution in [2.75, 3.05) is 26.4 Å². The first-order chi connectivity index (χ1) is 10.9. The molecule has 2 heterocycles. The highest BCUT2D eigenvalue weighted by molar-refractivity contribution is 5.25. The van der Waals surface area contributed by atoms with E-state index >= 15 is 0 Å². The minimum atomic E-state index is -1.50. The standard InChI is InChI=1S/C14H24O9/c1-7(4-15)14(9(6-17)23-14)2-3-21-13-12(20)11(19)10(18)8(5-16)22-13/h8-13,15-20H,1-6H2/t8-,9-,10-,11+,12-,13-,14+/m1/s1. The van der Waals surface area contributed by atoms with Crippen LogP contribution >= 0.6 is 0 Å². The quantitative estimate of drug-likeness (QED) is 0.199. The Labute approximate surface area is 133 Å². The second-order valence-electron chi connectivity index (χ2n) is 5.76. The Morgan fingerprint density at radius 1 is 1.04 bits per heavy atom. The number of aliphatic hydroxyl groups excluding tert-OH is 6. The molecular weight excluding hydrogens is 312 g/mol. The van der Waals surface area contributed by atoms with E-state index in [-0.39, 0.29) is 26.2 Å². The van der Waals surface area contributed by atoms with Crippen LogP contribution in [0.25, 0.3) is 0 Å². The molecule has 6 N–H and O–H groups in total. The van der Waals surface area contributed by atoms with E-state index in [2.05, 4.69) is 6.58 Å². The predicted octanol–water partition coefficient (Wildman–Crippen LogP) is -3.13. The van der Waals surface area contributed by atoms with Gasteiger partial charge in [0.25, 0.3) is 0 Å². The van der Waals surface area contributed by atoms with Crippen LogP contribution in [0.3, 0.4) is 0 Å². The molecule has 0 spiro atoms. The minimum Gasteiger partial charge on any atom is -0.394 e. The van der Waals surface area contributed by atoms with Crippen molar-refractivity contribution in [1.82, 2.24) is 0 Å². The van der Waals surface area contributed by atoms with Gasteiger partial charge in [0.15, 0.2) is 6.29 Å². The fourth-order valence-electron chi connectivity index (χ4n) is 2.78. The van der Waals surface area contributed by atoms with Crippen LogP contribution < -0.4 is 0 Å². The van der Waals surface area contributed by atoms with E-state index in [1.54, 1.807) is 0 Å². The molecule has 2 aliphatic rings. The summed E-state index contributed by atoms with van der Waals surface area (Å²) in [7, 11) is 0. The monoisotopic (exact) mass is 336 g/mol. The van der Waals surface area contributed by atoms with Gasteiger partial charge in [0, 0.05) is 6.42 Å². The second kappa shape index (κ2) is 7.51. The lowest BCUT2D eigenvalue weighted by atomic mass is 9.93. The first-order valence-corrected chi connectivity index (χ1v) is 7.41. The first-order valence-electron chi connectivity index (χ1n) is 7.41. The Hall–Kier alpha value is -0.620. The van der Waals surface area contributed by atoms with E-state index in [1.165, 1.54) is 0 Å². The van der Waals surface area contributed by atoms with Crippen LogP contribution in [0.5, 0.6) is 0 Å². The van der Waals surface area contributed by atoms with Crippen LogP contribution in [-0.2, 0) is 14.2 Å². The minimum absolute atomic E-state index is 0.0260. The molecule has 0 bridgehead atoms. The lowest BCUT2D eigenvalue weighted by Crippen LogP contribution is -2.59. The average Bonchev–Trinajstić information content (AvgIpc) is 3.28. The highest BCUT2D eigenvalue weighted by atomic mass is 16.7. The summed E-state index contributed by atoms with van der Waals surface area (Å²) in [5, 5.41) is 56.6. The summed E-state index contributed by atoms with van der Waals surface area (Å²) >= 11 is 0. The summed E-state index contributed by atoms with van der Waals surface area (Å²) in [6.45, 7) is 2.68. The summed E-state index contributed by atoms with van der Waals surface area (Å²) in [6.07, 6.45) is -6.90. The number of hydrogen-bond acceptors (Lipinski definition) is 9. The zero-order valence-corrected chi connectivity index (χ0v) is 12.6. The maximum atomic E-state index is 9.85. The summed E-state index contributed by atoms with van der Waals surface area (Å²) in [4.78, 5) is 0. The number of rotatable bonds is 8. The van der Waals surface area contributed by atoms with Gasteiger partial charge in [0.1, 0.15) is 36.1 Å². The van der Waals surface area contributed by atoms with E-state index < -0.39 is 49.0 Å². The van der Waals surface area contributed by atoms with E-state index in [0.29, 0.717) is 5.57 Å². The molecule has 2 aliphatic heterocycles. The molecule has 0 amide bonds. The van der Waals surface area contributed by atoms with E-state index in [4.69, 9.17) is 24.4 Å². The number of aliphatic hydroxyl groups is 6. The zero-order valence-electron chi connectivity index (χ0n) is 12.6. The van der Waals surface area contributed by atoms with Crippen molar-refractivity contribution < 1.29 is 44.8 Å². The van der Waals surface area contributed by atoms with Gasteiger partial charge >= 0.3 is 0 Å². The molecule has 0 unspecified atom stereocenters. The highest BCUT2D eigenvalue weighted by Crippen LogP contribution is 2.45. The van der Waals surface area contributed by atoms with Crippen molar-refractivity contribution in [2.24, 2.45) is 0 Å². The van der Waals surface area contributed by atoms with Gasteiger partial charge in [-0.25, -0.2) is 0 Å². The van der Waals surface area contributed by atoms with Gasteiger partial charge in [-0.15, -0.1) is 0 Å². The van der Waals surface area contributed by atoms with Crippen LogP contribution in [0, 0.1) is 0 Å². The molecule has 2 rings (SSSR count). The fraction of sp³-hybridized carbons (Fsp3) is 0.857. The van der Waals surface area contributed by atoms with Crippen molar-refractivity contribution >= 4 is 0 Å². The third-order valence-electron chi connectivity index (χ3n) is 4.37. The summed E-state index contributed by atoms with van der Waals surface area (Å²) in [5.74, 6) is 0. The third kappa shape index (κ3) is 3.58. The van der Waals surface area contributed by atoms with Gasteiger partial charge in [-0.1, -0.05) is 6.58 Å². The van der Waals surface area contributed by atoms with Crippen molar-refractivity contribution in [1.29, 1.82) is 0 Å². The Balaban J connectivity index is 1.89. The number of epoxide rings is 1. The van der Waals surface area contributed by atoms with E-state index in [0.717, 1.165) is 0 Å². The molecule has 0 saturated carbocycles. The summed E-state index contributed by atoms with van der Waals surface area (Å²) in [5.41, 5.74) is -0.466. The van der Waals surface area contributed by atoms with Crippen LogP contribution in [0.1, 0.15) is 6.42 Å². The zero-order chi connectivity index (χ0) is 17.2. The lowest BCUT2D eigenvalue weighted by Gasteiger charge is -2.39. The Bertz CT molecular complexity index is 415. The maximum Gasteiger partial charge on any atom is 0.186 e. The molecular formula is C14H24O9. The van der Waals surface area contributed by atoms with Crippen molar-refractivity contribution in [3.8, 4) is 0 Å². The molecule has 2 saturated heterocycles. The molecule has 7 atom stereocenters. The maximum absolute atomic E-state index is 9.85. The topological polar surface area (TPSA) is 152 Å². The van der Waals surface area contributed by atoms with Crippen LogP contribution in [0.15, 0.2) is 12.2 Å². The molecule has 0 aromatic carbocycles. The van der Waals surface area contributed by atoms with Crippen molar-refractivity contribution in [2.45, 2.75) is 48.8 Å². The van der Waals surface area contributed by atoms with Crippen LogP contribution in [-0.4, -0.2) is 99.5 Å². The van der Waals surface area contributed by atoms with Crippen molar-refractivity contribution in [3.05, 3.63) is 12.2 Å². The second-order valence-corrected chi connectivity index (χ2v) is 5.76. The van der Waals surface area contributed by atoms with Crippen LogP contribution in [0.4, 0.5) is 0 Å². The molecule has 0 radical (unpaired) electrons. The largest absolute Gasteiger partial charge is 0.394 e. The smallest absolute Gasteiger partial charge is 0.186 e. The summed E-state index contributed by atoms with van der Waals surface area (Å²) < 4.78 is 16.0. The van der Waals surface area contributed by atoms with Gasteiger partial charge in [-0.05, 0) is 5.57 Å². The van der Waals surface area contributed by atoms with Gasteiger partial charge in [0.2, 0.25) is 0 Å². The molecule has 23 heavy (non-hydrogen) atoms. The van der Waals surface area contributed by atoms with Crippen LogP contribution in [0.2, 0.25) is 0 Å². The first kappa shape index (κ1) is 18.7. The van der Waals surface area contributed by atoms with E-state index in [9.17, 15) is 20.4 Å². The molecule has 134 valence electrons. The SMILES string of the molecule is C=C(CO)[C@]1(CCO[C@@H]2O[C@H](CO)[C@@H](O)[C@H](O)[C@H]2O)O[C@@H]1CO. The molecule has 9 heteroatoms. The third-order valence-corrected chi connectivity index (χ3v) is 4.37. The number of hydrogen-bond donors (Lipinski definition) is 6. The molecule has 0 aromatic heterocycles. The van der Waals surface area contributed by atoms with Gasteiger partial charge in [-0.2, -0.15) is 0 Å². The summed E-state index contributed by atoms with van der Waals surface area (Å²) in [6, 6.07) is 0. The molecule has 0 aliphatic carbocycles. The Morgan fingerprint density at radius 3 is 2.26 bits per heavy atom. The normalized spacial score (nSPS) is 43.4.